The van der Waals surface area contributed by atoms with Gasteiger partial charge in [0.1, 0.15) is 22.9 Å². The van der Waals surface area contributed by atoms with Crippen LogP contribution in [0.25, 0.3) is 11.2 Å². The van der Waals surface area contributed by atoms with Crippen LogP contribution in [0.15, 0.2) is 17.7 Å². The van der Waals surface area contributed by atoms with Gasteiger partial charge in [-0.15, -0.1) is 11.8 Å². The lowest BCUT2D eigenvalue weighted by Crippen LogP contribution is -2.31. The van der Waals surface area contributed by atoms with Crippen LogP contribution in [0.1, 0.15) is 6.42 Å². The van der Waals surface area contributed by atoms with E-state index in [0.29, 0.717) is 18.6 Å². The van der Waals surface area contributed by atoms with Crippen molar-refractivity contribution in [2.24, 2.45) is 5.73 Å². The molecule has 0 fully saturated rings. The van der Waals surface area contributed by atoms with Gasteiger partial charge < -0.3 is 15.4 Å². The Morgan fingerprint density at radius 3 is 3.00 bits per heavy atom. The van der Waals surface area contributed by atoms with E-state index in [1.54, 1.807) is 10.9 Å². The minimum atomic E-state index is -1.00. The smallest absolute Gasteiger partial charge is 0.320 e. The molecule has 1 atom stereocenters. The Morgan fingerprint density at radius 1 is 1.56 bits per heavy atom. The topological polar surface area (TPSA) is 107 Å². The summed E-state index contributed by atoms with van der Waals surface area (Å²) < 4.78 is 1.79. The molecule has 0 bridgehead atoms. The zero-order valence-corrected chi connectivity index (χ0v) is 10.6. The summed E-state index contributed by atoms with van der Waals surface area (Å²) in [4.78, 5) is 23.2. The third-order valence-electron chi connectivity index (χ3n) is 2.56. The second-order valence-corrected chi connectivity index (χ2v) is 4.52. The van der Waals surface area contributed by atoms with Gasteiger partial charge in [-0.2, -0.15) is 0 Å². The fraction of sp³-hybridized carbons (Fsp3) is 0.400. The van der Waals surface area contributed by atoms with Gasteiger partial charge in [0.15, 0.2) is 5.65 Å². The quantitative estimate of drug-likeness (QED) is 0.594. The number of hydrogen-bond acceptors (Lipinski definition) is 6. The van der Waals surface area contributed by atoms with Crippen molar-refractivity contribution >= 4 is 28.9 Å². The average molecular weight is 267 g/mol. The second-order valence-electron chi connectivity index (χ2n) is 3.73. The van der Waals surface area contributed by atoms with Crippen molar-refractivity contribution in [3.05, 3.63) is 12.7 Å². The minimum Gasteiger partial charge on any atom is -0.480 e. The lowest BCUT2D eigenvalue weighted by Gasteiger charge is -2.07. The molecule has 0 saturated carbocycles. The standard InChI is InChI=1S/C10H13N5O2S/c1-18-9-7-8(12-4-13-9)15(5-14-7)3-2-6(11)10(16)17/h4-6H,2-3,11H2,1H3,(H,16,17). The Kier molecular flexibility index (Phi) is 3.78. The monoisotopic (exact) mass is 267 g/mol. The number of carboxylic acids is 1. The number of hydrogen-bond donors (Lipinski definition) is 2. The summed E-state index contributed by atoms with van der Waals surface area (Å²) in [5.74, 6) is -1.00. The van der Waals surface area contributed by atoms with Gasteiger partial charge in [0, 0.05) is 6.54 Å². The average Bonchev–Trinajstić information content (AvgIpc) is 2.78. The van der Waals surface area contributed by atoms with Gasteiger partial charge in [0.05, 0.1) is 6.33 Å². The first-order chi connectivity index (χ1) is 8.63. The molecule has 0 amide bonds. The molecular formula is C10H13N5O2S. The van der Waals surface area contributed by atoms with Gasteiger partial charge in [-0.05, 0) is 12.7 Å². The van der Waals surface area contributed by atoms with E-state index in [0.717, 1.165) is 10.5 Å². The highest BCUT2D eigenvalue weighted by Gasteiger charge is 2.13. The van der Waals surface area contributed by atoms with Crippen LogP contribution in [0.2, 0.25) is 0 Å². The summed E-state index contributed by atoms with van der Waals surface area (Å²) in [6.07, 6.45) is 5.36. The predicted molar refractivity (Wildman–Crippen MR) is 67.3 cm³/mol. The van der Waals surface area contributed by atoms with Gasteiger partial charge >= 0.3 is 5.97 Å². The number of nitrogens with two attached hydrogens (primary N) is 1. The normalized spacial score (nSPS) is 12.8. The molecular weight excluding hydrogens is 254 g/mol. The van der Waals surface area contributed by atoms with Crippen LogP contribution >= 0.6 is 11.8 Å². The summed E-state index contributed by atoms with van der Waals surface area (Å²) in [6.45, 7) is 0.467. The number of nitrogens with zero attached hydrogens (tertiary/aromatic N) is 4. The molecule has 2 heterocycles. The molecule has 0 aliphatic rings. The molecule has 0 aliphatic carbocycles. The van der Waals surface area contributed by atoms with Gasteiger partial charge in [-0.1, -0.05) is 0 Å². The number of aryl methyl sites for hydroxylation is 1. The largest absolute Gasteiger partial charge is 0.480 e. The summed E-state index contributed by atoms with van der Waals surface area (Å²) >= 11 is 1.50. The Bertz CT molecular complexity index is 570. The Labute approximate surface area is 107 Å². The van der Waals surface area contributed by atoms with E-state index in [-0.39, 0.29) is 0 Å². The van der Waals surface area contributed by atoms with E-state index >= 15 is 0 Å². The first-order valence-electron chi connectivity index (χ1n) is 5.31. The number of thioether (sulfide) groups is 1. The Hall–Kier alpha value is -1.67. The minimum absolute atomic E-state index is 0.333. The number of carbonyl (C=O) groups is 1. The predicted octanol–water partition coefficient (Wildman–Crippen LogP) is 0.350. The molecule has 7 nitrogen and oxygen atoms in total. The summed E-state index contributed by atoms with van der Waals surface area (Å²) in [5.41, 5.74) is 6.89. The van der Waals surface area contributed by atoms with Crippen LogP contribution in [0.4, 0.5) is 0 Å². The first-order valence-corrected chi connectivity index (χ1v) is 6.54. The molecule has 3 N–H and O–H groups in total. The van der Waals surface area contributed by atoms with E-state index in [1.807, 2.05) is 6.26 Å². The maximum absolute atomic E-state index is 10.6. The lowest BCUT2D eigenvalue weighted by atomic mass is 10.2. The third kappa shape index (κ3) is 2.44. The maximum Gasteiger partial charge on any atom is 0.320 e. The SMILES string of the molecule is CSc1ncnc2c1ncn2CCC(N)C(=O)O. The molecule has 0 saturated heterocycles. The fourth-order valence-electron chi connectivity index (χ4n) is 1.57. The second kappa shape index (κ2) is 5.32. The molecule has 0 radical (unpaired) electrons. The Morgan fingerprint density at radius 2 is 2.33 bits per heavy atom. The fourth-order valence-corrected chi connectivity index (χ4v) is 2.06. The van der Waals surface area contributed by atoms with Crippen molar-refractivity contribution in [2.75, 3.05) is 6.26 Å². The summed E-state index contributed by atoms with van der Waals surface area (Å²) in [7, 11) is 0. The van der Waals surface area contributed by atoms with Crippen molar-refractivity contribution in [3.8, 4) is 0 Å². The molecule has 8 heteroatoms. The molecule has 2 aromatic heterocycles. The molecule has 0 aliphatic heterocycles. The Balaban J connectivity index is 2.22. The van der Waals surface area contributed by atoms with Crippen LogP contribution in [-0.4, -0.2) is 42.9 Å². The number of aromatic nitrogens is 4. The highest BCUT2D eigenvalue weighted by Crippen LogP contribution is 2.20. The van der Waals surface area contributed by atoms with Crippen LogP contribution in [0.3, 0.4) is 0 Å². The van der Waals surface area contributed by atoms with Crippen molar-refractivity contribution in [2.45, 2.75) is 24.0 Å². The zero-order chi connectivity index (χ0) is 13.1. The van der Waals surface area contributed by atoms with Crippen molar-refractivity contribution in [3.63, 3.8) is 0 Å². The van der Waals surface area contributed by atoms with Crippen LogP contribution < -0.4 is 5.73 Å². The molecule has 0 aromatic carbocycles. The molecule has 2 aromatic rings. The maximum atomic E-state index is 10.6. The number of carboxylic acid groups (broad SMARTS) is 1. The lowest BCUT2D eigenvalue weighted by molar-refractivity contribution is -0.138. The molecule has 18 heavy (non-hydrogen) atoms. The number of imidazole rings is 1. The number of rotatable bonds is 5. The van der Waals surface area contributed by atoms with Crippen molar-refractivity contribution in [1.82, 2.24) is 19.5 Å². The molecule has 2 rings (SSSR count). The first kappa shape index (κ1) is 12.8. The zero-order valence-electron chi connectivity index (χ0n) is 9.78. The van der Waals surface area contributed by atoms with Gasteiger partial charge in [0.25, 0.3) is 0 Å². The highest BCUT2D eigenvalue weighted by molar-refractivity contribution is 7.98. The van der Waals surface area contributed by atoms with Gasteiger partial charge in [-0.25, -0.2) is 15.0 Å². The van der Waals surface area contributed by atoms with Gasteiger partial charge in [0.2, 0.25) is 0 Å². The van der Waals surface area contributed by atoms with E-state index < -0.39 is 12.0 Å². The van der Waals surface area contributed by atoms with Crippen molar-refractivity contribution in [1.29, 1.82) is 0 Å². The van der Waals surface area contributed by atoms with E-state index in [1.165, 1.54) is 18.1 Å². The molecule has 1 unspecified atom stereocenters. The van der Waals surface area contributed by atoms with Crippen LogP contribution in [0.5, 0.6) is 0 Å². The van der Waals surface area contributed by atoms with Crippen LogP contribution in [0, 0.1) is 0 Å². The summed E-state index contributed by atoms with van der Waals surface area (Å²) in [6, 6.07) is -0.871. The summed E-state index contributed by atoms with van der Waals surface area (Å²) in [5, 5.41) is 9.53. The molecule has 0 spiro atoms. The van der Waals surface area contributed by atoms with Crippen LogP contribution in [-0.2, 0) is 11.3 Å². The van der Waals surface area contributed by atoms with E-state index in [4.69, 9.17) is 10.8 Å². The highest BCUT2D eigenvalue weighted by atomic mass is 32.2. The van der Waals surface area contributed by atoms with Gasteiger partial charge in [-0.3, -0.25) is 4.79 Å². The number of fused-ring (bicyclic) bond motifs is 1. The molecule has 96 valence electrons. The number of aliphatic carboxylic acids is 1. The van der Waals surface area contributed by atoms with E-state index in [2.05, 4.69) is 15.0 Å². The van der Waals surface area contributed by atoms with E-state index in [9.17, 15) is 4.79 Å². The third-order valence-corrected chi connectivity index (χ3v) is 3.24. The van der Waals surface area contributed by atoms with Crippen molar-refractivity contribution < 1.29 is 9.90 Å².